The van der Waals surface area contributed by atoms with Crippen LogP contribution in [0.25, 0.3) is 11.0 Å². The average molecular weight is 181 g/mol. The molecule has 0 aliphatic heterocycles. The number of fused-ring (bicyclic) bond motifs is 1. The fraction of sp³-hybridized carbons (Fsp3) is 0. The molecule has 1 atom stereocenters. The molecular formula is C8H5O3S-. The molecule has 0 N–H and O–H groups in total. The van der Waals surface area contributed by atoms with E-state index in [2.05, 4.69) is 0 Å². The normalized spacial score (nSPS) is 13.4. The molecule has 62 valence electrons. The fourth-order valence-corrected chi connectivity index (χ4v) is 1.42. The minimum atomic E-state index is -2.28. The first-order chi connectivity index (χ1) is 5.77. The predicted octanol–water partition coefficient (Wildman–Crippen LogP) is 1.67. The van der Waals surface area contributed by atoms with Crippen LogP contribution < -0.4 is 0 Å². The van der Waals surface area contributed by atoms with Crippen LogP contribution in [0.2, 0.25) is 0 Å². The zero-order chi connectivity index (χ0) is 8.55. The van der Waals surface area contributed by atoms with E-state index >= 15 is 0 Å². The van der Waals surface area contributed by atoms with Crippen LogP contribution in [0.4, 0.5) is 0 Å². The first kappa shape index (κ1) is 7.52. The van der Waals surface area contributed by atoms with E-state index in [9.17, 15) is 8.76 Å². The van der Waals surface area contributed by atoms with E-state index in [1.165, 1.54) is 6.07 Å². The number of hydrogen-bond donors (Lipinski definition) is 0. The van der Waals surface area contributed by atoms with Gasteiger partial charge in [0.05, 0.1) is 0 Å². The van der Waals surface area contributed by atoms with Gasteiger partial charge in [-0.3, -0.25) is 4.21 Å². The van der Waals surface area contributed by atoms with Crippen LogP contribution in [0.1, 0.15) is 0 Å². The lowest BCUT2D eigenvalue weighted by Gasteiger charge is -1.96. The van der Waals surface area contributed by atoms with Crippen molar-refractivity contribution in [3.63, 3.8) is 0 Å². The molecule has 0 radical (unpaired) electrons. The summed E-state index contributed by atoms with van der Waals surface area (Å²) in [5.74, 6) is 0. The molecule has 0 fully saturated rings. The van der Waals surface area contributed by atoms with Gasteiger partial charge in [-0.25, -0.2) is 0 Å². The Morgan fingerprint density at radius 3 is 2.75 bits per heavy atom. The van der Waals surface area contributed by atoms with Gasteiger partial charge in [0.25, 0.3) is 0 Å². The summed E-state index contributed by atoms with van der Waals surface area (Å²) in [5, 5.41) is 0.785. The number of benzene rings is 1. The summed E-state index contributed by atoms with van der Waals surface area (Å²) in [6.07, 6.45) is 0. The van der Waals surface area contributed by atoms with Crippen LogP contribution in [0.3, 0.4) is 0 Å². The van der Waals surface area contributed by atoms with Gasteiger partial charge < -0.3 is 8.97 Å². The lowest BCUT2D eigenvalue weighted by atomic mass is 10.3. The molecule has 2 rings (SSSR count). The first-order valence-corrected chi connectivity index (χ1v) is 4.43. The summed E-state index contributed by atoms with van der Waals surface area (Å²) in [6.45, 7) is 0. The van der Waals surface area contributed by atoms with Gasteiger partial charge in [-0.15, -0.1) is 0 Å². The topological polar surface area (TPSA) is 53.3 Å². The number of rotatable bonds is 1. The molecule has 4 heteroatoms. The lowest BCUT2D eigenvalue weighted by molar-refractivity contribution is 0.459. The van der Waals surface area contributed by atoms with E-state index in [-0.39, 0.29) is 5.09 Å². The van der Waals surface area contributed by atoms with E-state index in [1.54, 1.807) is 18.2 Å². The van der Waals surface area contributed by atoms with Crippen molar-refractivity contribution >= 4 is 22.0 Å². The number of para-hydroxylation sites is 1. The molecule has 12 heavy (non-hydrogen) atoms. The molecule has 1 unspecified atom stereocenters. The Morgan fingerprint density at radius 2 is 2.08 bits per heavy atom. The zero-order valence-corrected chi connectivity index (χ0v) is 6.84. The van der Waals surface area contributed by atoms with Gasteiger partial charge in [0.1, 0.15) is 5.58 Å². The Hall–Kier alpha value is -1.13. The van der Waals surface area contributed by atoms with Crippen LogP contribution in [0.5, 0.6) is 0 Å². The van der Waals surface area contributed by atoms with Crippen LogP contribution >= 0.6 is 0 Å². The highest BCUT2D eigenvalue weighted by atomic mass is 32.2. The maximum Gasteiger partial charge on any atom is 0.178 e. The van der Waals surface area contributed by atoms with Gasteiger partial charge in [0.2, 0.25) is 0 Å². The SMILES string of the molecule is O=S([O-])c1cc2ccccc2o1. The van der Waals surface area contributed by atoms with E-state index in [1.807, 2.05) is 6.07 Å². The monoisotopic (exact) mass is 181 g/mol. The average Bonchev–Trinajstić information content (AvgIpc) is 2.46. The maximum atomic E-state index is 10.5. The Labute approximate surface area is 71.3 Å². The van der Waals surface area contributed by atoms with E-state index < -0.39 is 11.1 Å². The van der Waals surface area contributed by atoms with Crippen molar-refractivity contribution in [3.05, 3.63) is 30.3 Å². The molecule has 1 heterocycles. The Bertz CT molecular complexity index is 400. The van der Waals surface area contributed by atoms with Crippen LogP contribution in [0.15, 0.2) is 39.8 Å². The first-order valence-electron chi connectivity index (χ1n) is 3.35. The standard InChI is InChI=1S/C8H6O3S/c9-12(10)8-5-6-3-1-2-4-7(6)11-8/h1-5H,(H,9,10)/p-1. The Morgan fingerprint density at radius 1 is 1.33 bits per heavy atom. The molecule has 0 saturated carbocycles. The highest BCUT2D eigenvalue weighted by Crippen LogP contribution is 2.20. The minimum Gasteiger partial charge on any atom is -0.766 e. The van der Waals surface area contributed by atoms with Gasteiger partial charge in [-0.2, -0.15) is 0 Å². The largest absolute Gasteiger partial charge is 0.766 e. The molecule has 0 amide bonds. The van der Waals surface area contributed by atoms with Crippen molar-refractivity contribution in [2.45, 2.75) is 5.09 Å². The maximum absolute atomic E-state index is 10.5. The van der Waals surface area contributed by atoms with Crippen LogP contribution in [-0.2, 0) is 11.1 Å². The number of hydrogen-bond acceptors (Lipinski definition) is 3. The van der Waals surface area contributed by atoms with Crippen molar-refractivity contribution in [1.82, 2.24) is 0 Å². The molecule has 3 nitrogen and oxygen atoms in total. The highest BCUT2D eigenvalue weighted by molar-refractivity contribution is 7.79. The molecule has 0 spiro atoms. The van der Waals surface area contributed by atoms with E-state index in [4.69, 9.17) is 4.42 Å². The van der Waals surface area contributed by atoms with Crippen molar-refractivity contribution in [2.24, 2.45) is 0 Å². The Kier molecular flexibility index (Phi) is 1.71. The second-order valence-corrected chi connectivity index (χ2v) is 3.21. The van der Waals surface area contributed by atoms with Crippen molar-refractivity contribution in [2.75, 3.05) is 0 Å². The molecule has 2 aromatic rings. The summed E-state index contributed by atoms with van der Waals surface area (Å²) in [5.41, 5.74) is 0.594. The highest BCUT2D eigenvalue weighted by Gasteiger charge is 2.01. The molecule has 1 aromatic carbocycles. The smallest absolute Gasteiger partial charge is 0.178 e. The van der Waals surface area contributed by atoms with Crippen LogP contribution in [0, 0.1) is 0 Å². The Balaban J connectivity index is 2.70. The zero-order valence-electron chi connectivity index (χ0n) is 6.02. The van der Waals surface area contributed by atoms with Crippen molar-refractivity contribution in [3.8, 4) is 0 Å². The quantitative estimate of drug-likeness (QED) is 0.629. The number of furan rings is 1. The van der Waals surface area contributed by atoms with Crippen molar-refractivity contribution < 1.29 is 13.2 Å². The summed E-state index contributed by atoms with van der Waals surface area (Å²) in [6, 6.07) is 8.65. The third-order valence-corrected chi connectivity index (χ3v) is 2.10. The molecule has 1 aromatic heterocycles. The molecule has 0 saturated heterocycles. The van der Waals surface area contributed by atoms with Crippen LogP contribution in [-0.4, -0.2) is 8.76 Å². The second-order valence-electron chi connectivity index (χ2n) is 2.34. The van der Waals surface area contributed by atoms with E-state index in [0.717, 1.165) is 5.39 Å². The van der Waals surface area contributed by atoms with Gasteiger partial charge in [0, 0.05) is 16.5 Å². The minimum absolute atomic E-state index is 0.0174. The third kappa shape index (κ3) is 1.15. The second kappa shape index (κ2) is 2.73. The molecule has 0 aliphatic carbocycles. The van der Waals surface area contributed by atoms with Crippen molar-refractivity contribution in [1.29, 1.82) is 0 Å². The predicted molar refractivity (Wildman–Crippen MR) is 43.4 cm³/mol. The van der Waals surface area contributed by atoms with Gasteiger partial charge in [0.15, 0.2) is 5.09 Å². The summed E-state index contributed by atoms with van der Waals surface area (Å²) >= 11 is -2.28. The molecule has 0 aliphatic rings. The summed E-state index contributed by atoms with van der Waals surface area (Å²) < 4.78 is 26.0. The third-order valence-electron chi connectivity index (χ3n) is 1.57. The van der Waals surface area contributed by atoms with Gasteiger partial charge in [-0.05, 0) is 12.1 Å². The lowest BCUT2D eigenvalue weighted by Crippen LogP contribution is -1.82. The van der Waals surface area contributed by atoms with Gasteiger partial charge >= 0.3 is 0 Å². The summed E-state index contributed by atoms with van der Waals surface area (Å²) in [7, 11) is 0. The van der Waals surface area contributed by atoms with Gasteiger partial charge in [-0.1, -0.05) is 18.2 Å². The fourth-order valence-electron chi connectivity index (χ4n) is 1.04. The van der Waals surface area contributed by atoms with E-state index in [0.29, 0.717) is 5.58 Å². The molecular weight excluding hydrogens is 176 g/mol. The summed E-state index contributed by atoms with van der Waals surface area (Å²) in [4.78, 5) is 0. The molecule has 0 bridgehead atoms.